The number of nitrogens with zero attached hydrogens (tertiary/aromatic N) is 5. The summed E-state index contributed by atoms with van der Waals surface area (Å²) in [6, 6.07) is 42.4. The van der Waals surface area contributed by atoms with Gasteiger partial charge in [0.15, 0.2) is 17.3 Å². The van der Waals surface area contributed by atoms with Gasteiger partial charge >= 0.3 is 6.16 Å². The predicted octanol–water partition coefficient (Wildman–Crippen LogP) is 6.99. The molecule has 2 aliphatic rings. The number of carbonyl (C=O) groups excluding carboxylic acids is 1. The number of aromatic nitrogens is 4. The molecule has 0 amide bonds. The first-order chi connectivity index (χ1) is 30.7. The van der Waals surface area contributed by atoms with Crippen molar-refractivity contribution in [1.29, 1.82) is 0 Å². The van der Waals surface area contributed by atoms with Crippen molar-refractivity contribution in [2.75, 3.05) is 41.0 Å². The van der Waals surface area contributed by atoms with Crippen molar-refractivity contribution in [2.24, 2.45) is 4.99 Å². The van der Waals surface area contributed by atoms with Crippen LogP contribution in [0.25, 0.3) is 22.3 Å². The number of methoxy groups -OCH3 is 1. The number of aliphatic imine (C=N–C) groups is 1. The third-order valence-corrected chi connectivity index (χ3v) is 11.6. The van der Waals surface area contributed by atoms with E-state index in [0.29, 0.717) is 5.75 Å². The van der Waals surface area contributed by atoms with Crippen molar-refractivity contribution >= 4 is 29.6 Å². The lowest BCUT2D eigenvalue weighted by Gasteiger charge is -2.42. The molecule has 0 radical (unpaired) electrons. The number of aromatic amines is 1. The summed E-state index contributed by atoms with van der Waals surface area (Å²) in [6.07, 6.45) is -1.82. The van der Waals surface area contributed by atoms with Crippen LogP contribution >= 0.6 is 0 Å². The molecule has 5 aromatic carbocycles. The van der Waals surface area contributed by atoms with E-state index in [9.17, 15) is 14.7 Å². The smallest absolute Gasteiger partial charge is 0.497 e. The van der Waals surface area contributed by atoms with E-state index >= 15 is 0 Å². The Morgan fingerprint density at radius 1 is 0.873 bits per heavy atom. The average molecular weight is 847 g/mol. The van der Waals surface area contributed by atoms with E-state index in [-0.39, 0.29) is 42.9 Å². The van der Waals surface area contributed by atoms with Crippen molar-refractivity contribution in [2.45, 2.75) is 35.9 Å². The van der Waals surface area contributed by atoms with Crippen molar-refractivity contribution in [1.82, 2.24) is 24.4 Å². The summed E-state index contributed by atoms with van der Waals surface area (Å²) in [5.74, 6) is 0.495. The Bertz CT molecular complexity index is 2710. The molecular weight excluding hydrogens is 801 g/mol. The topological polar surface area (TPSA) is 163 Å². The molecule has 7 aromatic rings. The van der Waals surface area contributed by atoms with E-state index in [2.05, 4.69) is 32.1 Å². The van der Waals surface area contributed by atoms with E-state index in [0.717, 1.165) is 38.9 Å². The summed E-state index contributed by atoms with van der Waals surface area (Å²) >= 11 is 0. The molecule has 4 atom stereocenters. The monoisotopic (exact) mass is 846 g/mol. The molecule has 14 nitrogen and oxygen atoms in total. The van der Waals surface area contributed by atoms with Crippen LogP contribution in [0.4, 0.5) is 10.7 Å². The molecule has 9 rings (SSSR count). The largest absolute Gasteiger partial charge is 0.508 e. The molecule has 0 saturated carbocycles. The van der Waals surface area contributed by atoms with Crippen LogP contribution in [0.3, 0.4) is 0 Å². The molecule has 1 fully saturated rings. The van der Waals surface area contributed by atoms with Gasteiger partial charge in [-0.25, -0.2) is 14.8 Å². The highest BCUT2D eigenvalue weighted by Crippen LogP contribution is 2.45. The number of benzene rings is 5. The molecule has 320 valence electrons. The van der Waals surface area contributed by atoms with Crippen LogP contribution < -0.4 is 10.3 Å². The second-order valence-corrected chi connectivity index (χ2v) is 15.7. The van der Waals surface area contributed by atoms with Gasteiger partial charge in [0.05, 0.1) is 39.0 Å². The number of H-pyrrole nitrogens is 1. The minimum absolute atomic E-state index is 0.0000905. The molecule has 63 heavy (non-hydrogen) atoms. The minimum Gasteiger partial charge on any atom is -0.497 e. The molecule has 2 aromatic heterocycles. The Labute approximate surface area is 363 Å². The number of hydrogen-bond donors (Lipinski definition) is 2. The van der Waals surface area contributed by atoms with Crippen LogP contribution in [-0.2, 0) is 24.5 Å². The predicted molar refractivity (Wildman–Crippen MR) is 236 cm³/mol. The van der Waals surface area contributed by atoms with E-state index in [1.54, 1.807) is 30.7 Å². The molecule has 2 N–H and O–H groups in total. The maximum atomic E-state index is 13.9. The summed E-state index contributed by atoms with van der Waals surface area (Å²) in [5.41, 5.74) is 5.24. The number of imidazole rings is 1. The third kappa shape index (κ3) is 7.95. The number of rotatable bonds is 13. The fourth-order valence-corrected chi connectivity index (χ4v) is 8.64. The Morgan fingerprint density at radius 3 is 2.10 bits per heavy atom. The van der Waals surface area contributed by atoms with Crippen LogP contribution in [0.1, 0.15) is 39.8 Å². The summed E-state index contributed by atoms with van der Waals surface area (Å²) in [5, 5.41) is 12.4. The maximum absolute atomic E-state index is 13.9. The molecule has 1 aliphatic heterocycles. The van der Waals surface area contributed by atoms with Gasteiger partial charge in [0, 0.05) is 20.0 Å². The van der Waals surface area contributed by atoms with Crippen molar-refractivity contribution < 1.29 is 33.6 Å². The highest BCUT2D eigenvalue weighted by atomic mass is 16.7. The second-order valence-electron chi connectivity index (χ2n) is 15.7. The number of ether oxygens (including phenoxy) is 5. The van der Waals surface area contributed by atoms with Gasteiger partial charge < -0.3 is 38.3 Å². The molecule has 1 saturated heterocycles. The number of carbonyl (C=O) groups is 1. The highest BCUT2D eigenvalue weighted by molar-refractivity contribution is 5.79. The lowest BCUT2D eigenvalue weighted by molar-refractivity contribution is -0.189. The Balaban J connectivity index is 1.05. The Kier molecular flexibility index (Phi) is 11.6. The zero-order chi connectivity index (χ0) is 43.5. The minimum atomic E-state index is -1.46. The van der Waals surface area contributed by atoms with Crippen molar-refractivity contribution in [3.05, 3.63) is 178 Å². The fourth-order valence-electron chi connectivity index (χ4n) is 8.64. The van der Waals surface area contributed by atoms with Gasteiger partial charge in [-0.1, -0.05) is 121 Å². The fraction of sp³-hybridized carbons (Fsp3) is 0.245. The van der Waals surface area contributed by atoms with E-state index < -0.39 is 41.7 Å². The van der Waals surface area contributed by atoms with E-state index in [1.807, 2.05) is 121 Å². The molecule has 1 aliphatic carbocycles. The molecule has 0 unspecified atom stereocenters. The summed E-state index contributed by atoms with van der Waals surface area (Å²) in [7, 11) is 5.19. The van der Waals surface area contributed by atoms with Crippen LogP contribution in [0.15, 0.2) is 150 Å². The molecule has 14 heteroatoms. The second kappa shape index (κ2) is 17.7. The van der Waals surface area contributed by atoms with Crippen molar-refractivity contribution in [3.63, 3.8) is 0 Å². The van der Waals surface area contributed by atoms with E-state index in [4.69, 9.17) is 23.7 Å². The van der Waals surface area contributed by atoms with Crippen LogP contribution in [-0.4, -0.2) is 101 Å². The first-order valence-corrected chi connectivity index (χ1v) is 20.6. The first-order valence-electron chi connectivity index (χ1n) is 20.6. The van der Waals surface area contributed by atoms with Gasteiger partial charge in [-0.15, -0.1) is 0 Å². The standard InChI is InChI=1S/C49H46N6O8/c1-54(2)29-51-47-52-45-42(46(57)53-47)50-30-55(45)40-27-60-41(43(56)44(40)63-48(58)61-26-39-37-20-12-10-18-35(37)36-19-11-13-21-38(36)39)28-62-49(31-14-6-4-7-15-31,32-16-8-5-9-17-32)33-22-24-34(59-3)25-23-33/h4-25,29-30,39-41,43-44,56H,26-28H2,1-3H3,(H,52,53,57)/b51-29+/t40-,41-,43-,44+/m1/s1. The normalized spacial score (nSPS) is 18.5. The van der Waals surface area contributed by atoms with Gasteiger partial charge in [-0.3, -0.25) is 9.78 Å². The maximum Gasteiger partial charge on any atom is 0.508 e. The molecule has 3 heterocycles. The van der Waals surface area contributed by atoms with Crippen LogP contribution in [0.2, 0.25) is 0 Å². The zero-order valence-corrected chi connectivity index (χ0v) is 34.9. The average Bonchev–Trinajstić information content (AvgIpc) is 3.89. The lowest BCUT2D eigenvalue weighted by Crippen LogP contribution is -2.54. The van der Waals surface area contributed by atoms with Gasteiger partial charge in [0.25, 0.3) is 5.56 Å². The quantitative estimate of drug-likeness (QED) is 0.0532. The van der Waals surface area contributed by atoms with Crippen molar-refractivity contribution in [3.8, 4) is 16.9 Å². The number of aliphatic hydroxyl groups is 1. The number of hydrogen-bond acceptors (Lipinski definition) is 11. The molecule has 0 bridgehead atoms. The van der Waals surface area contributed by atoms with Crippen LogP contribution in [0, 0.1) is 0 Å². The summed E-state index contributed by atoms with van der Waals surface area (Å²) in [4.78, 5) is 44.7. The molecule has 0 spiro atoms. The summed E-state index contributed by atoms with van der Waals surface area (Å²) in [6.45, 7) is -0.227. The zero-order valence-electron chi connectivity index (χ0n) is 34.9. The molecular formula is C49H46N6O8. The lowest BCUT2D eigenvalue weighted by atomic mass is 9.80. The third-order valence-electron chi connectivity index (χ3n) is 11.6. The van der Waals surface area contributed by atoms with Gasteiger partial charge in [0.1, 0.15) is 30.2 Å². The number of aliphatic hydroxyl groups excluding tert-OH is 1. The van der Waals surface area contributed by atoms with Gasteiger partial charge in [-0.2, -0.15) is 4.98 Å². The highest BCUT2D eigenvalue weighted by Gasteiger charge is 2.47. The number of fused-ring (bicyclic) bond motifs is 4. The Morgan fingerprint density at radius 2 is 1.48 bits per heavy atom. The number of nitrogens with one attached hydrogen (secondary N) is 1. The summed E-state index contributed by atoms with van der Waals surface area (Å²) < 4.78 is 32.7. The Hall–Kier alpha value is -7.13. The SMILES string of the molecule is COc1ccc(C(OC[C@H]2OC[C@@H](n3cnc4c(=O)[nH]c(/N=C/N(C)C)nc43)[C@H](OC(=O)OCC3c4ccccc4-c4ccccc43)[C@@H]2O)(c2ccccc2)c2ccccc2)cc1. The van der Waals surface area contributed by atoms with Gasteiger partial charge in [0.2, 0.25) is 5.95 Å². The van der Waals surface area contributed by atoms with Gasteiger partial charge in [-0.05, 0) is 51.1 Å². The van der Waals surface area contributed by atoms with Crippen LogP contribution in [0.5, 0.6) is 5.75 Å². The first kappa shape index (κ1) is 41.2. The van der Waals surface area contributed by atoms with E-state index in [1.165, 1.54) is 12.7 Å².